The second-order valence-electron chi connectivity index (χ2n) is 5.42. The van der Waals surface area contributed by atoms with Gasteiger partial charge in [0.05, 0.1) is 6.10 Å². The second kappa shape index (κ2) is 8.73. The summed E-state index contributed by atoms with van der Waals surface area (Å²) in [6, 6.07) is 0. The normalized spacial score (nSPS) is 14.7. The molecular weight excluding hydrogens is 333 g/mol. The zero-order valence-electron chi connectivity index (χ0n) is 13.0. The average molecular weight is 354 g/mol. The van der Waals surface area contributed by atoms with Crippen LogP contribution < -0.4 is 0 Å². The molecule has 9 heteroatoms. The lowest BCUT2D eigenvalue weighted by atomic mass is 10.1. The van der Waals surface area contributed by atoms with Gasteiger partial charge >= 0.3 is 24.0 Å². The van der Waals surface area contributed by atoms with Crippen LogP contribution in [0, 0.1) is 0 Å². The highest BCUT2D eigenvalue weighted by molar-refractivity contribution is 5.79. The Morgan fingerprint density at radius 1 is 0.913 bits per heavy atom. The summed E-state index contributed by atoms with van der Waals surface area (Å²) in [5, 5.41) is 0. The van der Waals surface area contributed by atoms with Crippen molar-refractivity contribution in [2.24, 2.45) is 0 Å². The summed E-state index contributed by atoms with van der Waals surface area (Å²) in [6.07, 6.45) is -2.40. The third-order valence-electron chi connectivity index (χ3n) is 3.28. The Labute approximate surface area is 130 Å². The maximum atomic E-state index is 13.0. The van der Waals surface area contributed by atoms with Gasteiger partial charge in [0.15, 0.2) is 0 Å². The molecule has 0 aliphatic carbocycles. The first kappa shape index (κ1) is 22.0. The maximum absolute atomic E-state index is 13.0. The van der Waals surface area contributed by atoms with Crippen molar-refractivity contribution in [2.45, 2.75) is 82.9 Å². The van der Waals surface area contributed by atoms with Crippen LogP contribution in [-0.4, -0.2) is 30.1 Å². The van der Waals surface area contributed by atoms with Crippen molar-refractivity contribution in [3.63, 3.8) is 0 Å². The molecule has 0 aromatic rings. The molecule has 2 nitrogen and oxygen atoms in total. The summed E-state index contributed by atoms with van der Waals surface area (Å²) in [7, 11) is 0. The molecule has 23 heavy (non-hydrogen) atoms. The summed E-state index contributed by atoms with van der Waals surface area (Å²) < 4.78 is 91.3. The Morgan fingerprint density at radius 2 is 1.39 bits per heavy atom. The fourth-order valence-electron chi connectivity index (χ4n) is 1.83. The first-order valence-electron chi connectivity index (χ1n) is 7.41. The molecule has 138 valence electrons. The Balaban J connectivity index is 4.40. The van der Waals surface area contributed by atoms with Crippen molar-refractivity contribution < 1.29 is 40.3 Å². The number of hydrogen-bond acceptors (Lipinski definition) is 2. The van der Waals surface area contributed by atoms with Gasteiger partial charge in [-0.05, 0) is 19.8 Å². The molecule has 0 heterocycles. The molecule has 0 aromatic carbocycles. The van der Waals surface area contributed by atoms with Crippen LogP contribution in [0.5, 0.6) is 0 Å². The molecule has 0 radical (unpaired) electrons. The lowest BCUT2D eigenvalue weighted by Crippen LogP contribution is -2.57. The van der Waals surface area contributed by atoms with Crippen LogP contribution in [0.2, 0.25) is 0 Å². The molecule has 0 fully saturated rings. The summed E-state index contributed by atoms with van der Waals surface area (Å²) in [5.74, 6) is -15.3. The van der Waals surface area contributed by atoms with Gasteiger partial charge in [-0.2, -0.15) is 30.7 Å². The predicted octanol–water partition coefficient (Wildman–Crippen LogP) is 5.50. The average Bonchev–Trinajstić information content (AvgIpc) is 2.41. The molecule has 0 saturated heterocycles. The molecule has 0 bridgehead atoms. The lowest BCUT2D eigenvalue weighted by Gasteiger charge is -2.27. The van der Waals surface area contributed by atoms with Gasteiger partial charge < -0.3 is 4.74 Å². The Hall–Kier alpha value is -1.02. The number of halogens is 7. The quantitative estimate of drug-likeness (QED) is 0.294. The van der Waals surface area contributed by atoms with Gasteiger partial charge in [-0.15, -0.1) is 0 Å². The van der Waals surface area contributed by atoms with E-state index in [1.807, 2.05) is 6.92 Å². The number of rotatable bonds is 10. The van der Waals surface area contributed by atoms with E-state index in [-0.39, 0.29) is 6.42 Å². The molecule has 0 rings (SSSR count). The van der Waals surface area contributed by atoms with Crippen molar-refractivity contribution in [1.29, 1.82) is 0 Å². The van der Waals surface area contributed by atoms with Crippen LogP contribution in [0.4, 0.5) is 30.7 Å². The zero-order chi connectivity index (χ0) is 18.3. The molecule has 1 atom stereocenters. The smallest absolute Gasteiger partial charge is 0.458 e. The van der Waals surface area contributed by atoms with Gasteiger partial charge in [0, 0.05) is 0 Å². The lowest BCUT2D eigenvalue weighted by molar-refractivity contribution is -0.349. The van der Waals surface area contributed by atoms with Gasteiger partial charge in [0.25, 0.3) is 0 Å². The molecule has 0 aromatic heterocycles. The maximum Gasteiger partial charge on any atom is 0.460 e. The van der Waals surface area contributed by atoms with E-state index in [4.69, 9.17) is 0 Å². The fraction of sp³-hybridized carbons (Fsp3) is 0.929. The van der Waals surface area contributed by atoms with Gasteiger partial charge in [-0.3, -0.25) is 0 Å². The van der Waals surface area contributed by atoms with Crippen LogP contribution in [0.25, 0.3) is 0 Å². The van der Waals surface area contributed by atoms with Crippen molar-refractivity contribution in [2.75, 3.05) is 0 Å². The van der Waals surface area contributed by atoms with Gasteiger partial charge in [0.1, 0.15) is 0 Å². The van der Waals surface area contributed by atoms with Gasteiger partial charge in [-0.1, -0.05) is 39.0 Å². The van der Waals surface area contributed by atoms with E-state index in [0.29, 0.717) is 6.42 Å². The van der Waals surface area contributed by atoms with Crippen molar-refractivity contribution in [3.05, 3.63) is 0 Å². The van der Waals surface area contributed by atoms with Crippen molar-refractivity contribution >= 4 is 5.97 Å². The van der Waals surface area contributed by atoms with Crippen molar-refractivity contribution in [1.82, 2.24) is 0 Å². The van der Waals surface area contributed by atoms with Crippen LogP contribution in [0.15, 0.2) is 0 Å². The molecule has 0 aliphatic heterocycles. The minimum absolute atomic E-state index is 0.117. The number of carbonyl (C=O) groups excluding carboxylic acids is 1. The zero-order valence-corrected chi connectivity index (χ0v) is 13.0. The van der Waals surface area contributed by atoms with Crippen LogP contribution in [0.1, 0.15) is 58.8 Å². The van der Waals surface area contributed by atoms with Crippen LogP contribution in [-0.2, 0) is 9.53 Å². The Bertz CT molecular complexity index is 367. The minimum atomic E-state index is -6.54. The highest BCUT2D eigenvalue weighted by Gasteiger charge is 2.77. The number of hydrogen-bond donors (Lipinski definition) is 0. The van der Waals surface area contributed by atoms with E-state index in [2.05, 4.69) is 4.74 Å². The summed E-state index contributed by atoms with van der Waals surface area (Å²) in [4.78, 5) is 11.0. The molecule has 0 aliphatic rings. The van der Waals surface area contributed by atoms with E-state index in [1.54, 1.807) is 0 Å². The SMILES string of the molecule is CCCCCCCCC(C)OC(=O)C(F)(F)C(F)(F)C(F)(F)F. The van der Waals surface area contributed by atoms with E-state index < -0.39 is 30.1 Å². The third kappa shape index (κ3) is 6.18. The Morgan fingerprint density at radius 3 is 1.87 bits per heavy atom. The van der Waals surface area contributed by atoms with Crippen LogP contribution in [0.3, 0.4) is 0 Å². The second-order valence-corrected chi connectivity index (χ2v) is 5.42. The highest BCUT2D eigenvalue weighted by atomic mass is 19.4. The predicted molar refractivity (Wildman–Crippen MR) is 69.5 cm³/mol. The first-order chi connectivity index (χ1) is 10.4. The number of unbranched alkanes of at least 4 members (excludes halogenated alkanes) is 5. The number of esters is 1. The summed E-state index contributed by atoms with van der Waals surface area (Å²) in [5.41, 5.74) is 0. The molecular formula is C14H21F7O2. The Kier molecular flexibility index (Phi) is 8.34. The molecule has 0 amide bonds. The molecule has 0 N–H and O–H groups in total. The standard InChI is InChI=1S/C14H21F7O2/c1-3-4-5-6-7-8-9-10(2)23-11(22)12(15,16)13(17,18)14(19,20)21/h10H,3-9H2,1-2H3. The van der Waals surface area contributed by atoms with Crippen LogP contribution >= 0.6 is 0 Å². The monoisotopic (exact) mass is 354 g/mol. The number of carbonyl (C=O) groups is 1. The van der Waals surface area contributed by atoms with E-state index >= 15 is 0 Å². The van der Waals surface area contributed by atoms with Gasteiger partial charge in [0.2, 0.25) is 0 Å². The van der Waals surface area contributed by atoms with E-state index in [1.165, 1.54) is 6.92 Å². The topological polar surface area (TPSA) is 26.3 Å². The van der Waals surface area contributed by atoms with E-state index in [0.717, 1.165) is 32.1 Å². The van der Waals surface area contributed by atoms with Gasteiger partial charge in [-0.25, -0.2) is 4.79 Å². The summed E-state index contributed by atoms with van der Waals surface area (Å²) in [6.45, 7) is 3.20. The number of ether oxygens (including phenoxy) is 1. The number of alkyl halides is 7. The summed E-state index contributed by atoms with van der Waals surface area (Å²) >= 11 is 0. The molecule has 1 unspecified atom stereocenters. The first-order valence-corrected chi connectivity index (χ1v) is 7.41. The fourth-order valence-corrected chi connectivity index (χ4v) is 1.83. The molecule has 0 saturated carbocycles. The highest BCUT2D eigenvalue weighted by Crippen LogP contribution is 2.47. The minimum Gasteiger partial charge on any atom is -0.458 e. The van der Waals surface area contributed by atoms with E-state index in [9.17, 15) is 35.5 Å². The molecule has 0 spiro atoms. The third-order valence-corrected chi connectivity index (χ3v) is 3.28. The van der Waals surface area contributed by atoms with Crippen molar-refractivity contribution in [3.8, 4) is 0 Å². The largest absolute Gasteiger partial charge is 0.460 e.